The molecule has 2 bridgehead atoms. The number of sulfonamides is 1. The Bertz CT molecular complexity index is 1840. The number of hydrogen-bond acceptors (Lipinski definition) is 10. The quantitative estimate of drug-likeness (QED) is 0.296. The van der Waals surface area contributed by atoms with E-state index in [4.69, 9.17) is 21.1 Å². The van der Waals surface area contributed by atoms with Gasteiger partial charge in [0.25, 0.3) is 5.91 Å². The van der Waals surface area contributed by atoms with Gasteiger partial charge in [0.2, 0.25) is 10.0 Å². The summed E-state index contributed by atoms with van der Waals surface area (Å²) < 4.78 is 42.7. The molecule has 6 atom stereocenters. The van der Waals surface area contributed by atoms with E-state index in [1.54, 1.807) is 32.2 Å². The summed E-state index contributed by atoms with van der Waals surface area (Å²) in [6.07, 6.45) is 9.80. The van der Waals surface area contributed by atoms with Gasteiger partial charge in [0.1, 0.15) is 18.0 Å². The first kappa shape index (κ1) is 42.4. The van der Waals surface area contributed by atoms with Crippen molar-refractivity contribution in [2.75, 3.05) is 64.4 Å². The first-order valence-corrected chi connectivity index (χ1v) is 22.1. The number of benzene rings is 2. The Hall–Kier alpha value is -3.20. The van der Waals surface area contributed by atoms with E-state index in [9.17, 15) is 28.2 Å². The maximum Gasteiger partial charge on any atom is 0.304 e. The van der Waals surface area contributed by atoms with E-state index < -0.39 is 32.8 Å². The number of allylic oxidation sites excluding steroid dienone is 1. The number of anilines is 1. The van der Waals surface area contributed by atoms with E-state index in [1.807, 2.05) is 25.1 Å². The number of halogens is 1. The molecular weight excluding hydrogens is 756 g/mol. The highest BCUT2D eigenvalue weighted by molar-refractivity contribution is 7.90. The Labute approximate surface area is 337 Å². The van der Waals surface area contributed by atoms with Crippen molar-refractivity contribution >= 4 is 39.2 Å². The number of aliphatic hydroxyl groups excluding tert-OH is 1. The Morgan fingerprint density at radius 1 is 1.07 bits per heavy atom. The lowest BCUT2D eigenvalue weighted by Crippen LogP contribution is -2.59. The molecular formula is C42H59ClN4O8S. The van der Waals surface area contributed by atoms with Crippen LogP contribution in [-0.4, -0.2) is 117 Å². The minimum Gasteiger partial charge on any atom is -0.487 e. The molecule has 308 valence electrons. The highest BCUT2D eigenvalue weighted by Crippen LogP contribution is 2.47. The van der Waals surface area contributed by atoms with Gasteiger partial charge in [0.15, 0.2) is 0 Å². The van der Waals surface area contributed by atoms with Crippen LogP contribution >= 0.6 is 11.6 Å². The molecule has 1 amide bonds. The zero-order chi connectivity index (χ0) is 40.0. The summed E-state index contributed by atoms with van der Waals surface area (Å²) >= 11 is 6.40. The Morgan fingerprint density at radius 3 is 2.55 bits per heavy atom. The molecule has 3 heterocycles. The average molecular weight is 815 g/mol. The number of fused-ring (bicyclic) bond motifs is 3. The molecule has 1 saturated carbocycles. The van der Waals surface area contributed by atoms with Gasteiger partial charge in [-0.1, -0.05) is 36.7 Å². The molecule has 0 radical (unpaired) electrons. The summed E-state index contributed by atoms with van der Waals surface area (Å²) in [5.41, 5.74) is 2.59. The van der Waals surface area contributed by atoms with Crippen LogP contribution in [0.2, 0.25) is 5.02 Å². The number of nitrogens with one attached hydrogen (secondary N) is 1. The van der Waals surface area contributed by atoms with E-state index in [0.717, 1.165) is 68.6 Å². The molecule has 3 aliphatic heterocycles. The highest BCUT2D eigenvalue weighted by atomic mass is 35.5. The number of ether oxygens (including phenoxy) is 2. The predicted octanol–water partition coefficient (Wildman–Crippen LogP) is 5.36. The van der Waals surface area contributed by atoms with Crippen molar-refractivity contribution in [3.05, 3.63) is 70.3 Å². The number of methoxy groups -OCH3 is 1. The van der Waals surface area contributed by atoms with E-state index in [-0.39, 0.29) is 42.4 Å². The summed E-state index contributed by atoms with van der Waals surface area (Å²) in [6, 6.07) is 10.9. The molecule has 4 aliphatic rings. The molecule has 2 fully saturated rings. The summed E-state index contributed by atoms with van der Waals surface area (Å²) in [7, 11) is -2.24. The Balaban J connectivity index is 1.33. The van der Waals surface area contributed by atoms with Crippen molar-refractivity contribution in [3.8, 4) is 5.75 Å². The summed E-state index contributed by atoms with van der Waals surface area (Å²) in [5, 5.41) is 19.0. The molecule has 3 N–H and O–H groups in total. The lowest BCUT2D eigenvalue weighted by atomic mass is 9.63. The van der Waals surface area contributed by atoms with Crippen molar-refractivity contribution in [1.29, 1.82) is 0 Å². The topological polar surface area (TPSA) is 149 Å². The molecule has 2 aromatic rings. The van der Waals surface area contributed by atoms with Crippen molar-refractivity contribution in [2.24, 2.45) is 17.8 Å². The third-order valence-electron chi connectivity index (χ3n) is 12.8. The summed E-state index contributed by atoms with van der Waals surface area (Å²) in [4.78, 5) is 32.1. The van der Waals surface area contributed by atoms with Gasteiger partial charge >= 0.3 is 5.97 Å². The molecule has 6 rings (SSSR count). The van der Waals surface area contributed by atoms with Gasteiger partial charge in [-0.3, -0.25) is 19.4 Å². The van der Waals surface area contributed by atoms with Crippen LogP contribution in [0.4, 0.5) is 5.69 Å². The van der Waals surface area contributed by atoms with Crippen molar-refractivity contribution in [1.82, 2.24) is 14.5 Å². The van der Waals surface area contributed by atoms with Gasteiger partial charge in [-0.05, 0) is 111 Å². The fourth-order valence-corrected chi connectivity index (χ4v) is 10.5. The van der Waals surface area contributed by atoms with Gasteiger partial charge in [0, 0.05) is 76.2 Å². The van der Waals surface area contributed by atoms with Crippen LogP contribution in [0.25, 0.3) is 0 Å². The highest BCUT2D eigenvalue weighted by Gasteiger charge is 2.48. The number of nitrogens with zero attached hydrogens (tertiary/aromatic N) is 3. The maximum absolute atomic E-state index is 13.6. The van der Waals surface area contributed by atoms with Crippen LogP contribution in [0.1, 0.15) is 80.3 Å². The van der Waals surface area contributed by atoms with Crippen LogP contribution < -0.4 is 14.4 Å². The van der Waals surface area contributed by atoms with Crippen LogP contribution in [0.3, 0.4) is 0 Å². The van der Waals surface area contributed by atoms with Crippen LogP contribution in [0.5, 0.6) is 5.75 Å². The van der Waals surface area contributed by atoms with Crippen molar-refractivity contribution in [2.45, 2.75) is 88.7 Å². The van der Waals surface area contributed by atoms with Crippen molar-refractivity contribution in [3.63, 3.8) is 0 Å². The predicted molar refractivity (Wildman–Crippen MR) is 218 cm³/mol. The molecule has 12 nitrogen and oxygen atoms in total. The number of aliphatic hydroxyl groups is 1. The fourth-order valence-electron chi connectivity index (χ4n) is 9.03. The van der Waals surface area contributed by atoms with E-state index >= 15 is 0 Å². The number of carbonyl (C=O) groups excluding carboxylic acids is 1. The Morgan fingerprint density at radius 2 is 1.86 bits per heavy atom. The minimum atomic E-state index is -4.01. The lowest BCUT2D eigenvalue weighted by Gasteiger charge is -2.52. The third kappa shape index (κ3) is 9.90. The van der Waals surface area contributed by atoms with Crippen LogP contribution in [0, 0.1) is 17.8 Å². The summed E-state index contributed by atoms with van der Waals surface area (Å²) in [5.74, 6) is -0.746. The Kier molecular flexibility index (Phi) is 14.1. The second-order valence-corrected chi connectivity index (χ2v) is 18.7. The monoisotopic (exact) mass is 814 g/mol. The number of aryl methyl sites for hydroxylation is 1. The molecule has 56 heavy (non-hydrogen) atoms. The second kappa shape index (κ2) is 18.6. The standard InChI is InChI=1S/C42H59ClN4O8S/c1-29-7-6-16-42(54-3,28-45-18-20-46(21-19-45)36(15-22-48)25-40(49)50)37-13-10-33(37)26-47-17-5-4-8-31-23-35(43)12-9-34(31)27-55-39-14-11-32(24-38(39)47)41(51)44-56(52,53)30(29)2/h6,9,11-12,14,16,23-24,29-30,33,36-37,48H,4-5,7-8,10,13,15,17-22,25-28H2,1-3H3,(H,44,51)(H,49,50)/b16-6+/t29-,30+,33-,36?,37+,42+/m0/s1. The number of carbonyl (C=O) groups is 2. The molecule has 1 aliphatic carbocycles. The average Bonchev–Trinajstić information content (AvgIpc) is 3.18. The number of aliphatic carboxylic acids is 1. The number of carboxylic acid groups (broad SMARTS) is 1. The first-order valence-electron chi connectivity index (χ1n) is 20.2. The van der Waals surface area contributed by atoms with Crippen LogP contribution in [-0.2, 0) is 32.6 Å². The molecule has 0 aromatic heterocycles. The zero-order valence-corrected chi connectivity index (χ0v) is 34.6. The van der Waals surface area contributed by atoms with Gasteiger partial charge in [-0.2, -0.15) is 0 Å². The molecule has 0 spiro atoms. The molecule has 14 heteroatoms. The van der Waals surface area contributed by atoms with Gasteiger partial charge in [0.05, 0.1) is 17.4 Å². The normalized spacial score (nSPS) is 28.9. The molecule has 1 unspecified atom stereocenters. The fraction of sp³-hybridized carbons (Fsp3) is 0.619. The number of hydrogen-bond donors (Lipinski definition) is 3. The van der Waals surface area contributed by atoms with Crippen molar-refractivity contribution < 1.29 is 37.7 Å². The number of piperazine rings is 1. The largest absolute Gasteiger partial charge is 0.487 e. The summed E-state index contributed by atoms with van der Waals surface area (Å²) in [6.45, 7) is 8.73. The minimum absolute atomic E-state index is 0.00147. The maximum atomic E-state index is 13.6. The van der Waals surface area contributed by atoms with Gasteiger partial charge in [-0.15, -0.1) is 0 Å². The van der Waals surface area contributed by atoms with Gasteiger partial charge < -0.3 is 24.6 Å². The lowest BCUT2D eigenvalue weighted by molar-refractivity contribution is -0.138. The third-order valence-corrected chi connectivity index (χ3v) is 15.0. The SMILES string of the molecule is CO[C@@]1(CN2CCN(C(CCO)CC(=O)O)CC2)/C=C/C[C@H](C)[C@@H](C)S(=O)(=O)NC(=O)c2ccc3c(c2)N(CCCCc2cc(Cl)ccc2CO3)C[C@@H]2CC[C@H]21. The smallest absolute Gasteiger partial charge is 0.304 e. The second-order valence-electron chi connectivity index (χ2n) is 16.3. The van der Waals surface area contributed by atoms with E-state index in [2.05, 4.69) is 31.6 Å². The first-order chi connectivity index (χ1) is 26.8. The number of amides is 1. The zero-order valence-electron chi connectivity index (χ0n) is 33.0. The molecule has 2 aromatic carbocycles. The van der Waals surface area contributed by atoms with Crippen LogP contribution in [0.15, 0.2) is 48.6 Å². The van der Waals surface area contributed by atoms with E-state index in [1.165, 1.54) is 0 Å². The number of rotatable bonds is 8. The number of carboxylic acids is 1. The van der Waals surface area contributed by atoms with Gasteiger partial charge in [-0.25, -0.2) is 13.1 Å². The van der Waals surface area contributed by atoms with E-state index in [0.29, 0.717) is 56.4 Å². The molecule has 1 saturated heterocycles.